The summed E-state index contributed by atoms with van der Waals surface area (Å²) in [6.07, 6.45) is 3.80. The number of aryl methyl sites for hydroxylation is 1. The summed E-state index contributed by atoms with van der Waals surface area (Å²) in [5.41, 5.74) is 8.50. The molecule has 1 aliphatic heterocycles. The van der Waals surface area contributed by atoms with Crippen molar-refractivity contribution in [1.82, 2.24) is 14.5 Å². The molecule has 3 rings (SSSR count). The summed E-state index contributed by atoms with van der Waals surface area (Å²) in [6.45, 7) is 5.31. The van der Waals surface area contributed by atoms with Gasteiger partial charge in [-0.1, -0.05) is 6.07 Å². The van der Waals surface area contributed by atoms with E-state index in [2.05, 4.69) is 4.98 Å². The molecule has 0 radical (unpaired) electrons. The van der Waals surface area contributed by atoms with Crippen LogP contribution in [-0.4, -0.2) is 39.5 Å². The van der Waals surface area contributed by atoms with Gasteiger partial charge in [0.25, 0.3) is 5.91 Å². The highest BCUT2D eigenvalue weighted by Gasteiger charge is 2.30. The van der Waals surface area contributed by atoms with Crippen LogP contribution in [0, 0.1) is 13.8 Å². The topological polar surface area (TPSA) is 64.2 Å². The zero-order valence-corrected chi connectivity index (χ0v) is 15.6. The van der Waals surface area contributed by atoms with E-state index >= 15 is 0 Å². The van der Waals surface area contributed by atoms with Crippen molar-refractivity contribution < 1.29 is 4.79 Å². The number of pyridine rings is 1. The second kappa shape index (κ2) is 8.51. The van der Waals surface area contributed by atoms with Gasteiger partial charge in [0.1, 0.15) is 5.82 Å². The molecule has 2 N–H and O–H groups in total. The zero-order valence-electron chi connectivity index (χ0n) is 13.9. The molecule has 132 valence electrons. The minimum Gasteiger partial charge on any atom is -0.334 e. The van der Waals surface area contributed by atoms with Crippen LogP contribution in [0.4, 0.5) is 0 Å². The van der Waals surface area contributed by atoms with E-state index in [9.17, 15) is 4.79 Å². The Labute approximate surface area is 155 Å². The van der Waals surface area contributed by atoms with Crippen LogP contribution in [0.15, 0.2) is 30.5 Å². The number of nitrogens with zero attached hydrogens (tertiary/aromatic N) is 3. The Morgan fingerprint density at radius 3 is 2.71 bits per heavy atom. The second-order valence-electron chi connectivity index (χ2n) is 5.84. The summed E-state index contributed by atoms with van der Waals surface area (Å²) in [5, 5.41) is 0. The van der Waals surface area contributed by atoms with Crippen molar-refractivity contribution in [3.05, 3.63) is 47.4 Å². The highest BCUT2D eigenvalue weighted by atomic mass is 35.5. The molecule has 2 aromatic rings. The number of rotatable bonds is 3. The number of carbonyl (C=O) groups excluding carboxylic acids is 1. The predicted molar refractivity (Wildman–Crippen MR) is 101 cm³/mol. The Kier molecular flexibility index (Phi) is 7.27. The fraction of sp³-hybridized carbons (Fsp3) is 0.412. The molecule has 0 saturated carbocycles. The van der Waals surface area contributed by atoms with Crippen molar-refractivity contribution in [3.63, 3.8) is 0 Å². The molecule has 1 saturated heterocycles. The van der Waals surface area contributed by atoms with Gasteiger partial charge in [0, 0.05) is 36.7 Å². The average molecular weight is 371 g/mol. The van der Waals surface area contributed by atoms with Crippen molar-refractivity contribution in [1.29, 1.82) is 0 Å². The van der Waals surface area contributed by atoms with E-state index < -0.39 is 0 Å². The van der Waals surface area contributed by atoms with Crippen molar-refractivity contribution in [2.45, 2.75) is 32.7 Å². The van der Waals surface area contributed by atoms with Gasteiger partial charge in [-0.15, -0.1) is 24.8 Å². The maximum Gasteiger partial charge on any atom is 0.255 e. The number of likely N-dealkylation sites (tertiary alicyclic amines) is 1. The molecule has 7 heteroatoms. The Balaban J connectivity index is 0.00000144. The van der Waals surface area contributed by atoms with Gasteiger partial charge in [0.2, 0.25) is 0 Å². The molecular formula is C17H24Cl2N4O. The molecule has 1 unspecified atom stereocenters. The number of amides is 1. The quantitative estimate of drug-likeness (QED) is 0.902. The van der Waals surface area contributed by atoms with Crippen molar-refractivity contribution in [3.8, 4) is 5.82 Å². The second-order valence-corrected chi connectivity index (χ2v) is 5.84. The molecule has 0 aliphatic carbocycles. The summed E-state index contributed by atoms with van der Waals surface area (Å²) >= 11 is 0. The third-order valence-corrected chi connectivity index (χ3v) is 4.45. The summed E-state index contributed by atoms with van der Waals surface area (Å²) < 4.78 is 2.03. The molecule has 24 heavy (non-hydrogen) atoms. The van der Waals surface area contributed by atoms with Crippen LogP contribution >= 0.6 is 24.8 Å². The van der Waals surface area contributed by atoms with Crippen molar-refractivity contribution in [2.24, 2.45) is 5.73 Å². The van der Waals surface area contributed by atoms with E-state index in [0.29, 0.717) is 6.54 Å². The molecule has 2 aromatic heterocycles. The first-order valence-electron chi connectivity index (χ1n) is 7.75. The predicted octanol–water partition coefficient (Wildman–Crippen LogP) is 2.90. The van der Waals surface area contributed by atoms with Crippen LogP contribution < -0.4 is 5.73 Å². The Morgan fingerprint density at radius 2 is 2.08 bits per heavy atom. The number of hydrogen-bond donors (Lipinski definition) is 1. The minimum atomic E-state index is 0. The van der Waals surface area contributed by atoms with Crippen LogP contribution in [0.5, 0.6) is 0 Å². The number of aromatic nitrogens is 2. The SMILES string of the molecule is Cc1cc(C(=O)N2CCCC2CN)c(C)n1-c1ccccn1.Cl.Cl. The molecule has 0 bridgehead atoms. The number of halogens is 2. The summed E-state index contributed by atoms with van der Waals surface area (Å²) in [6, 6.07) is 7.92. The summed E-state index contributed by atoms with van der Waals surface area (Å²) in [7, 11) is 0. The fourth-order valence-corrected chi connectivity index (χ4v) is 3.32. The zero-order chi connectivity index (χ0) is 15.7. The Morgan fingerprint density at radius 1 is 1.33 bits per heavy atom. The molecule has 0 spiro atoms. The number of nitrogens with two attached hydrogens (primary N) is 1. The van der Waals surface area contributed by atoms with Gasteiger partial charge in [0.05, 0.1) is 5.56 Å². The number of hydrogen-bond acceptors (Lipinski definition) is 3. The highest BCUT2D eigenvalue weighted by molar-refractivity contribution is 5.96. The third kappa shape index (κ3) is 3.58. The molecule has 1 atom stereocenters. The molecule has 3 heterocycles. The smallest absolute Gasteiger partial charge is 0.255 e. The maximum atomic E-state index is 12.9. The van der Waals surface area contributed by atoms with Crippen LogP contribution in [-0.2, 0) is 0 Å². The van der Waals surface area contributed by atoms with Gasteiger partial charge < -0.3 is 15.2 Å². The molecule has 1 aliphatic rings. The molecule has 0 aromatic carbocycles. The van der Waals surface area contributed by atoms with Crippen LogP contribution in [0.2, 0.25) is 0 Å². The number of carbonyl (C=O) groups is 1. The molecule has 1 fully saturated rings. The van der Waals surface area contributed by atoms with E-state index in [1.54, 1.807) is 6.20 Å². The average Bonchev–Trinajstić information content (AvgIpc) is 3.12. The lowest BCUT2D eigenvalue weighted by atomic mass is 10.2. The van der Waals surface area contributed by atoms with Gasteiger partial charge in [-0.25, -0.2) is 4.98 Å². The van der Waals surface area contributed by atoms with E-state index in [4.69, 9.17) is 5.73 Å². The van der Waals surface area contributed by atoms with Gasteiger partial charge in [-0.05, 0) is 44.9 Å². The highest BCUT2D eigenvalue weighted by Crippen LogP contribution is 2.24. The lowest BCUT2D eigenvalue weighted by Crippen LogP contribution is -2.40. The van der Waals surface area contributed by atoms with Gasteiger partial charge in [-0.3, -0.25) is 4.79 Å². The normalized spacial score (nSPS) is 16.5. The minimum absolute atomic E-state index is 0. The van der Waals surface area contributed by atoms with Gasteiger partial charge >= 0.3 is 0 Å². The maximum absolute atomic E-state index is 12.9. The first kappa shape index (κ1) is 20.5. The van der Waals surface area contributed by atoms with E-state index in [0.717, 1.165) is 42.2 Å². The molecular weight excluding hydrogens is 347 g/mol. The first-order valence-corrected chi connectivity index (χ1v) is 7.75. The Bertz CT molecular complexity index is 687. The first-order chi connectivity index (χ1) is 10.6. The van der Waals surface area contributed by atoms with Crippen molar-refractivity contribution >= 4 is 30.7 Å². The fourth-order valence-electron chi connectivity index (χ4n) is 3.32. The summed E-state index contributed by atoms with van der Waals surface area (Å²) in [4.78, 5) is 19.2. The summed E-state index contributed by atoms with van der Waals surface area (Å²) in [5.74, 6) is 0.927. The monoisotopic (exact) mass is 370 g/mol. The lowest BCUT2D eigenvalue weighted by molar-refractivity contribution is 0.0740. The van der Waals surface area contributed by atoms with Gasteiger partial charge in [-0.2, -0.15) is 0 Å². The van der Waals surface area contributed by atoms with E-state index in [1.807, 2.05) is 47.6 Å². The largest absolute Gasteiger partial charge is 0.334 e. The lowest BCUT2D eigenvalue weighted by Gasteiger charge is -2.23. The molecule has 5 nitrogen and oxygen atoms in total. The molecule has 1 amide bonds. The van der Waals surface area contributed by atoms with E-state index in [1.165, 1.54) is 0 Å². The third-order valence-electron chi connectivity index (χ3n) is 4.45. The van der Waals surface area contributed by atoms with Crippen LogP contribution in [0.3, 0.4) is 0 Å². The van der Waals surface area contributed by atoms with Crippen molar-refractivity contribution in [2.75, 3.05) is 13.1 Å². The van der Waals surface area contributed by atoms with E-state index in [-0.39, 0.29) is 36.8 Å². The standard InChI is InChI=1S/C17H22N4O.2ClH/c1-12-10-15(17(22)20-9-5-6-14(20)11-18)13(2)21(12)16-7-3-4-8-19-16;;/h3-4,7-8,10,14H,5-6,9,11,18H2,1-2H3;2*1H. The van der Waals surface area contributed by atoms with Crippen LogP contribution in [0.25, 0.3) is 5.82 Å². The van der Waals surface area contributed by atoms with Gasteiger partial charge in [0.15, 0.2) is 0 Å². The Hall–Kier alpha value is -1.56. The van der Waals surface area contributed by atoms with Crippen LogP contribution in [0.1, 0.15) is 34.6 Å².